The number of guanidine groups is 1. The number of aliphatic imine (C=N–C) groups is 1. The zero-order valence-electron chi connectivity index (χ0n) is 11.8. The molecule has 7 nitrogen and oxygen atoms in total. The van der Waals surface area contributed by atoms with Gasteiger partial charge in [-0.05, 0) is 18.6 Å². The van der Waals surface area contributed by atoms with E-state index in [1.54, 1.807) is 14.2 Å². The molecular weight excluding hydrogens is 256 g/mol. The molecule has 0 aromatic carbocycles. The highest BCUT2D eigenvalue weighted by molar-refractivity contribution is 5.79. The predicted octanol–water partition coefficient (Wildman–Crippen LogP) is 0.431. The number of hydrogen-bond acceptors (Lipinski definition) is 4. The summed E-state index contributed by atoms with van der Waals surface area (Å²) in [6.07, 6.45) is 2.88. The van der Waals surface area contributed by atoms with Crippen LogP contribution in [0.5, 0.6) is 0 Å². The lowest BCUT2D eigenvalue weighted by atomic mass is 10.4. The van der Waals surface area contributed by atoms with Crippen LogP contribution in [-0.4, -0.2) is 47.9 Å². The minimum absolute atomic E-state index is 0.565. The second-order valence-electron chi connectivity index (χ2n) is 4.24. The average Bonchev–Trinajstić information content (AvgIpc) is 2.90. The molecule has 0 aliphatic carbocycles. The molecule has 2 rings (SSSR count). The summed E-state index contributed by atoms with van der Waals surface area (Å²) in [6, 6.07) is 5.82. The highest BCUT2D eigenvalue weighted by atomic mass is 16.5. The van der Waals surface area contributed by atoms with Gasteiger partial charge in [0.1, 0.15) is 0 Å². The standard InChI is InChI=1S/C13H20N6O/c1-14-13(15-7-5-9-20-2)16-10-12-18-17-11-6-3-4-8-19(11)12/h3-4,6,8H,5,7,9-10H2,1-2H3,(H2,14,15,16). The first-order chi connectivity index (χ1) is 9.85. The minimum Gasteiger partial charge on any atom is -0.385 e. The van der Waals surface area contributed by atoms with Crippen LogP contribution in [0.15, 0.2) is 29.4 Å². The molecule has 2 heterocycles. The Morgan fingerprint density at radius 2 is 2.25 bits per heavy atom. The van der Waals surface area contributed by atoms with E-state index < -0.39 is 0 Å². The Labute approximate surface area is 118 Å². The summed E-state index contributed by atoms with van der Waals surface area (Å²) in [4.78, 5) is 4.16. The van der Waals surface area contributed by atoms with E-state index in [-0.39, 0.29) is 0 Å². The van der Waals surface area contributed by atoms with Gasteiger partial charge < -0.3 is 15.4 Å². The van der Waals surface area contributed by atoms with Crippen LogP contribution in [0.1, 0.15) is 12.2 Å². The summed E-state index contributed by atoms with van der Waals surface area (Å²) in [5, 5.41) is 14.7. The van der Waals surface area contributed by atoms with Crippen LogP contribution in [0.2, 0.25) is 0 Å². The molecule has 2 N–H and O–H groups in total. The molecule has 2 aromatic rings. The van der Waals surface area contributed by atoms with Crippen molar-refractivity contribution in [3.05, 3.63) is 30.2 Å². The molecular formula is C13H20N6O. The fourth-order valence-electron chi connectivity index (χ4n) is 1.82. The van der Waals surface area contributed by atoms with Crippen molar-refractivity contribution in [2.75, 3.05) is 27.3 Å². The fourth-order valence-corrected chi connectivity index (χ4v) is 1.82. The largest absolute Gasteiger partial charge is 0.385 e. The van der Waals surface area contributed by atoms with Gasteiger partial charge in [-0.15, -0.1) is 10.2 Å². The van der Waals surface area contributed by atoms with Crippen molar-refractivity contribution in [1.29, 1.82) is 0 Å². The van der Waals surface area contributed by atoms with Crippen LogP contribution < -0.4 is 10.6 Å². The minimum atomic E-state index is 0.565. The van der Waals surface area contributed by atoms with Crippen LogP contribution >= 0.6 is 0 Å². The molecule has 2 aromatic heterocycles. The van der Waals surface area contributed by atoms with Crippen molar-refractivity contribution < 1.29 is 4.74 Å². The van der Waals surface area contributed by atoms with Crippen LogP contribution in [0.25, 0.3) is 5.65 Å². The molecule has 0 amide bonds. The van der Waals surface area contributed by atoms with E-state index in [4.69, 9.17) is 4.74 Å². The van der Waals surface area contributed by atoms with Gasteiger partial charge >= 0.3 is 0 Å². The van der Waals surface area contributed by atoms with E-state index in [0.717, 1.165) is 37.0 Å². The Hall–Kier alpha value is -2.15. The summed E-state index contributed by atoms with van der Waals surface area (Å²) >= 11 is 0. The molecule has 0 unspecified atom stereocenters. The molecule has 0 saturated carbocycles. The summed E-state index contributed by atoms with van der Waals surface area (Å²) in [6.45, 7) is 2.11. The van der Waals surface area contributed by atoms with Crippen LogP contribution in [0.3, 0.4) is 0 Å². The quantitative estimate of drug-likeness (QED) is 0.454. The molecule has 0 spiro atoms. The van der Waals surface area contributed by atoms with E-state index >= 15 is 0 Å². The molecule has 0 atom stereocenters. The number of hydrogen-bond donors (Lipinski definition) is 2. The van der Waals surface area contributed by atoms with Crippen LogP contribution in [0.4, 0.5) is 0 Å². The number of pyridine rings is 1. The third-order valence-electron chi connectivity index (χ3n) is 2.84. The number of rotatable bonds is 6. The number of ether oxygens (including phenoxy) is 1. The summed E-state index contributed by atoms with van der Waals surface area (Å²) in [5.41, 5.74) is 0.840. The van der Waals surface area contributed by atoms with Gasteiger partial charge in [-0.1, -0.05) is 6.07 Å². The lowest BCUT2D eigenvalue weighted by molar-refractivity contribution is 0.195. The maximum atomic E-state index is 5.00. The first-order valence-corrected chi connectivity index (χ1v) is 6.57. The Morgan fingerprint density at radius 3 is 3.05 bits per heavy atom. The Bertz CT molecular complexity index is 565. The van der Waals surface area contributed by atoms with Gasteiger partial charge in [-0.25, -0.2) is 0 Å². The number of fused-ring (bicyclic) bond motifs is 1. The SMILES string of the molecule is CN=C(NCCCOC)NCc1nnc2ccccn12. The number of nitrogens with one attached hydrogen (secondary N) is 2. The molecule has 0 aliphatic heterocycles. The Morgan fingerprint density at radius 1 is 1.35 bits per heavy atom. The monoisotopic (exact) mass is 276 g/mol. The van der Waals surface area contributed by atoms with Gasteiger partial charge in [-0.3, -0.25) is 9.39 Å². The Kier molecular flexibility index (Phi) is 5.31. The first-order valence-electron chi connectivity index (χ1n) is 6.57. The third kappa shape index (κ3) is 3.67. The second kappa shape index (κ2) is 7.44. The molecule has 0 bridgehead atoms. The lowest BCUT2D eigenvalue weighted by Crippen LogP contribution is -2.37. The van der Waals surface area contributed by atoms with Crippen molar-refractivity contribution in [3.8, 4) is 0 Å². The van der Waals surface area contributed by atoms with Gasteiger partial charge in [0.05, 0.1) is 6.54 Å². The smallest absolute Gasteiger partial charge is 0.191 e. The number of methoxy groups -OCH3 is 1. The Balaban J connectivity index is 1.87. The maximum Gasteiger partial charge on any atom is 0.191 e. The summed E-state index contributed by atoms with van der Waals surface area (Å²) in [7, 11) is 3.44. The molecule has 20 heavy (non-hydrogen) atoms. The van der Waals surface area contributed by atoms with Gasteiger partial charge in [0.15, 0.2) is 17.4 Å². The van der Waals surface area contributed by atoms with Gasteiger partial charge in [0, 0.05) is 33.5 Å². The van der Waals surface area contributed by atoms with Gasteiger partial charge in [0.25, 0.3) is 0 Å². The van der Waals surface area contributed by atoms with E-state index in [1.165, 1.54) is 0 Å². The third-order valence-corrected chi connectivity index (χ3v) is 2.84. The average molecular weight is 276 g/mol. The molecule has 7 heteroatoms. The molecule has 108 valence electrons. The molecule has 0 aliphatic rings. The topological polar surface area (TPSA) is 75.8 Å². The zero-order chi connectivity index (χ0) is 14.2. The maximum absolute atomic E-state index is 5.00. The van der Waals surface area contributed by atoms with E-state index in [2.05, 4.69) is 25.8 Å². The number of aromatic nitrogens is 3. The van der Waals surface area contributed by atoms with Crippen LogP contribution in [-0.2, 0) is 11.3 Å². The van der Waals surface area contributed by atoms with Crippen molar-refractivity contribution in [3.63, 3.8) is 0 Å². The molecule has 0 saturated heterocycles. The normalized spacial score (nSPS) is 11.8. The summed E-state index contributed by atoms with van der Waals surface area (Å²) < 4.78 is 6.95. The van der Waals surface area contributed by atoms with E-state index in [0.29, 0.717) is 6.54 Å². The highest BCUT2D eigenvalue weighted by Crippen LogP contribution is 2.01. The first kappa shape index (κ1) is 14.3. The van der Waals surface area contributed by atoms with Crippen molar-refractivity contribution in [1.82, 2.24) is 25.2 Å². The summed E-state index contributed by atoms with van der Waals surface area (Å²) in [5.74, 6) is 1.59. The fraction of sp³-hybridized carbons (Fsp3) is 0.462. The highest BCUT2D eigenvalue weighted by Gasteiger charge is 2.05. The zero-order valence-corrected chi connectivity index (χ0v) is 11.8. The lowest BCUT2D eigenvalue weighted by Gasteiger charge is -2.10. The molecule has 0 fully saturated rings. The van der Waals surface area contributed by atoms with Crippen molar-refractivity contribution in [2.24, 2.45) is 4.99 Å². The predicted molar refractivity (Wildman–Crippen MR) is 77.7 cm³/mol. The molecule has 0 radical (unpaired) electrons. The van der Waals surface area contributed by atoms with Crippen LogP contribution in [0, 0.1) is 0 Å². The van der Waals surface area contributed by atoms with E-state index in [1.807, 2.05) is 28.8 Å². The van der Waals surface area contributed by atoms with Gasteiger partial charge in [-0.2, -0.15) is 0 Å². The van der Waals surface area contributed by atoms with Crippen molar-refractivity contribution >= 4 is 11.6 Å². The van der Waals surface area contributed by atoms with E-state index in [9.17, 15) is 0 Å². The van der Waals surface area contributed by atoms with Gasteiger partial charge in [0.2, 0.25) is 0 Å². The second-order valence-corrected chi connectivity index (χ2v) is 4.24. The number of nitrogens with zero attached hydrogens (tertiary/aromatic N) is 4. The van der Waals surface area contributed by atoms with Crippen molar-refractivity contribution in [2.45, 2.75) is 13.0 Å².